The standard InChI is InChI=1S/C18H17NO7S/c19-27(22,23)14-5-1-12(2-6-14)3-8-18(21)24-10-15(20)13-4-7-16-17(9-13)26-11-25-16/h1-2,4-7,9H,3,8,10-11H2,(H2,19,22,23). The molecule has 0 aliphatic carbocycles. The molecule has 1 heterocycles. The lowest BCUT2D eigenvalue weighted by molar-refractivity contribution is -0.142. The van der Waals surface area contributed by atoms with Crippen molar-refractivity contribution in [3.8, 4) is 11.5 Å². The number of hydrogen-bond acceptors (Lipinski definition) is 7. The quantitative estimate of drug-likeness (QED) is 0.559. The zero-order valence-electron chi connectivity index (χ0n) is 14.2. The third kappa shape index (κ3) is 4.83. The van der Waals surface area contributed by atoms with E-state index >= 15 is 0 Å². The van der Waals surface area contributed by atoms with Gasteiger partial charge in [0.15, 0.2) is 23.9 Å². The topological polar surface area (TPSA) is 122 Å². The zero-order chi connectivity index (χ0) is 19.4. The lowest BCUT2D eigenvalue weighted by Crippen LogP contribution is -2.14. The second-order valence-corrected chi connectivity index (χ2v) is 7.40. The van der Waals surface area contributed by atoms with Crippen LogP contribution in [0.25, 0.3) is 0 Å². The largest absolute Gasteiger partial charge is 0.457 e. The highest BCUT2D eigenvalue weighted by molar-refractivity contribution is 7.89. The van der Waals surface area contributed by atoms with Crippen molar-refractivity contribution in [2.24, 2.45) is 5.14 Å². The third-order valence-corrected chi connectivity index (χ3v) is 4.86. The molecule has 3 rings (SSSR count). The molecule has 1 aliphatic heterocycles. The van der Waals surface area contributed by atoms with Gasteiger partial charge in [0.1, 0.15) is 0 Å². The minimum absolute atomic E-state index is 0.00292. The number of fused-ring (bicyclic) bond motifs is 1. The van der Waals surface area contributed by atoms with E-state index in [1.807, 2.05) is 0 Å². The van der Waals surface area contributed by atoms with Crippen LogP contribution in [-0.4, -0.2) is 33.6 Å². The molecule has 0 radical (unpaired) electrons. The number of carbonyl (C=O) groups excluding carboxylic acids is 2. The number of sulfonamides is 1. The predicted molar refractivity (Wildman–Crippen MR) is 94.0 cm³/mol. The van der Waals surface area contributed by atoms with Gasteiger partial charge in [0.05, 0.1) is 4.90 Å². The van der Waals surface area contributed by atoms with Gasteiger partial charge in [0.2, 0.25) is 16.8 Å². The first kappa shape index (κ1) is 18.9. The number of hydrogen-bond donors (Lipinski definition) is 1. The van der Waals surface area contributed by atoms with Crippen LogP contribution in [-0.2, 0) is 26.0 Å². The molecule has 2 N–H and O–H groups in total. The lowest BCUT2D eigenvalue weighted by atomic mass is 10.1. The fraction of sp³-hybridized carbons (Fsp3) is 0.222. The van der Waals surface area contributed by atoms with Gasteiger partial charge in [-0.25, -0.2) is 13.6 Å². The molecule has 0 fully saturated rings. The number of aryl methyl sites for hydroxylation is 1. The van der Waals surface area contributed by atoms with Crippen molar-refractivity contribution < 1.29 is 32.2 Å². The molecule has 8 nitrogen and oxygen atoms in total. The van der Waals surface area contributed by atoms with E-state index in [1.165, 1.54) is 12.1 Å². The summed E-state index contributed by atoms with van der Waals surface area (Å²) in [4.78, 5) is 23.9. The van der Waals surface area contributed by atoms with E-state index in [-0.39, 0.29) is 30.5 Å². The molecule has 1 aliphatic rings. The Morgan fingerprint density at radius 3 is 2.44 bits per heavy atom. The number of nitrogens with two attached hydrogens (primary N) is 1. The first-order valence-corrected chi connectivity index (χ1v) is 9.58. The fourth-order valence-corrected chi connectivity index (χ4v) is 2.98. The van der Waals surface area contributed by atoms with Gasteiger partial charge in [-0.05, 0) is 42.3 Å². The number of rotatable bonds is 7. The Bertz CT molecular complexity index is 968. The molecule has 0 atom stereocenters. The Morgan fingerprint density at radius 2 is 1.74 bits per heavy atom. The molecule has 0 saturated carbocycles. The Labute approximate surface area is 155 Å². The van der Waals surface area contributed by atoms with Crippen LogP contribution in [0.3, 0.4) is 0 Å². The average molecular weight is 391 g/mol. The van der Waals surface area contributed by atoms with Crippen molar-refractivity contribution in [2.45, 2.75) is 17.7 Å². The molecule has 0 spiro atoms. The highest BCUT2D eigenvalue weighted by Gasteiger charge is 2.17. The van der Waals surface area contributed by atoms with Gasteiger partial charge in [-0.15, -0.1) is 0 Å². The van der Waals surface area contributed by atoms with E-state index in [0.29, 0.717) is 23.5 Å². The molecule has 142 valence electrons. The van der Waals surface area contributed by atoms with Crippen molar-refractivity contribution in [3.63, 3.8) is 0 Å². The summed E-state index contributed by atoms with van der Waals surface area (Å²) >= 11 is 0. The summed E-state index contributed by atoms with van der Waals surface area (Å²) in [5.41, 5.74) is 1.12. The molecular weight excluding hydrogens is 374 g/mol. The van der Waals surface area contributed by atoms with Crippen molar-refractivity contribution in [1.29, 1.82) is 0 Å². The van der Waals surface area contributed by atoms with E-state index in [2.05, 4.69) is 0 Å². The summed E-state index contributed by atoms with van der Waals surface area (Å²) in [5.74, 6) is 0.172. The van der Waals surface area contributed by atoms with Gasteiger partial charge in [0, 0.05) is 12.0 Å². The summed E-state index contributed by atoms with van der Waals surface area (Å²) in [6.07, 6.45) is 0.408. The van der Waals surface area contributed by atoms with E-state index < -0.39 is 16.0 Å². The molecule has 0 unspecified atom stereocenters. The monoisotopic (exact) mass is 391 g/mol. The van der Waals surface area contributed by atoms with Gasteiger partial charge in [-0.2, -0.15) is 0 Å². The van der Waals surface area contributed by atoms with Crippen LogP contribution in [0, 0.1) is 0 Å². The van der Waals surface area contributed by atoms with Crippen LogP contribution in [0.2, 0.25) is 0 Å². The Balaban J connectivity index is 1.47. The first-order valence-electron chi connectivity index (χ1n) is 8.03. The van der Waals surface area contributed by atoms with Crippen LogP contribution in [0.1, 0.15) is 22.3 Å². The third-order valence-electron chi connectivity index (χ3n) is 3.93. The first-order chi connectivity index (χ1) is 12.8. The summed E-state index contributed by atoms with van der Waals surface area (Å²) in [6, 6.07) is 10.7. The molecule has 0 saturated heterocycles. The second-order valence-electron chi connectivity index (χ2n) is 5.84. The van der Waals surface area contributed by atoms with E-state index in [1.54, 1.807) is 30.3 Å². The fourth-order valence-electron chi connectivity index (χ4n) is 2.46. The summed E-state index contributed by atoms with van der Waals surface area (Å²) in [6.45, 7) is -0.261. The number of esters is 1. The smallest absolute Gasteiger partial charge is 0.306 e. The number of ether oxygens (including phenoxy) is 3. The van der Waals surface area contributed by atoms with Crippen LogP contribution in [0.4, 0.5) is 0 Å². The maximum absolute atomic E-state index is 12.1. The molecule has 2 aromatic carbocycles. The Hall–Kier alpha value is -2.91. The highest BCUT2D eigenvalue weighted by Crippen LogP contribution is 2.32. The SMILES string of the molecule is NS(=O)(=O)c1ccc(CCC(=O)OCC(=O)c2ccc3c(c2)OCO3)cc1. The lowest BCUT2D eigenvalue weighted by Gasteiger charge is -2.06. The number of ketones is 1. The molecule has 0 amide bonds. The second kappa shape index (κ2) is 7.77. The Morgan fingerprint density at radius 1 is 1.04 bits per heavy atom. The normalized spacial score (nSPS) is 12.6. The molecule has 27 heavy (non-hydrogen) atoms. The number of carbonyl (C=O) groups is 2. The molecule has 0 aromatic heterocycles. The summed E-state index contributed by atoms with van der Waals surface area (Å²) < 4.78 is 37.8. The average Bonchev–Trinajstić information content (AvgIpc) is 3.11. The van der Waals surface area contributed by atoms with Crippen molar-refractivity contribution in [2.75, 3.05) is 13.4 Å². The van der Waals surface area contributed by atoms with Crippen LogP contribution < -0.4 is 14.6 Å². The molecule has 2 aromatic rings. The van der Waals surface area contributed by atoms with Crippen LogP contribution in [0.15, 0.2) is 47.4 Å². The van der Waals surface area contributed by atoms with Gasteiger partial charge >= 0.3 is 5.97 Å². The molecular formula is C18H17NO7S. The van der Waals surface area contributed by atoms with Crippen molar-refractivity contribution >= 4 is 21.8 Å². The number of primary sulfonamides is 1. The van der Waals surface area contributed by atoms with E-state index in [0.717, 1.165) is 5.56 Å². The Kier molecular flexibility index (Phi) is 5.43. The van der Waals surface area contributed by atoms with E-state index in [9.17, 15) is 18.0 Å². The van der Waals surface area contributed by atoms with Crippen molar-refractivity contribution in [3.05, 3.63) is 53.6 Å². The highest BCUT2D eigenvalue weighted by atomic mass is 32.2. The maximum atomic E-state index is 12.1. The van der Waals surface area contributed by atoms with E-state index in [4.69, 9.17) is 19.3 Å². The van der Waals surface area contributed by atoms with Gasteiger partial charge in [-0.1, -0.05) is 12.1 Å². The summed E-state index contributed by atoms with van der Waals surface area (Å²) in [5, 5.41) is 5.03. The molecule has 9 heteroatoms. The molecule has 0 bridgehead atoms. The number of Topliss-reactive ketones (excluding diaryl/α,β-unsaturated/α-hetero) is 1. The van der Waals surface area contributed by atoms with Gasteiger partial charge < -0.3 is 14.2 Å². The maximum Gasteiger partial charge on any atom is 0.306 e. The van der Waals surface area contributed by atoms with Crippen molar-refractivity contribution in [1.82, 2.24) is 0 Å². The zero-order valence-corrected chi connectivity index (χ0v) is 15.0. The van der Waals surface area contributed by atoms with Crippen LogP contribution in [0.5, 0.6) is 11.5 Å². The minimum atomic E-state index is -3.75. The summed E-state index contributed by atoms with van der Waals surface area (Å²) in [7, 11) is -3.75. The minimum Gasteiger partial charge on any atom is -0.457 e. The predicted octanol–water partition coefficient (Wildman–Crippen LogP) is 1.42. The van der Waals surface area contributed by atoms with Gasteiger partial charge in [0.25, 0.3) is 0 Å². The number of benzene rings is 2. The van der Waals surface area contributed by atoms with Gasteiger partial charge in [-0.3, -0.25) is 9.59 Å². The van der Waals surface area contributed by atoms with Crippen LogP contribution >= 0.6 is 0 Å².